The van der Waals surface area contributed by atoms with Crippen LogP contribution in [-0.2, 0) is 16.6 Å². The molecule has 0 aromatic heterocycles. The van der Waals surface area contributed by atoms with Gasteiger partial charge in [-0.15, -0.1) is 0 Å². The molecule has 0 atom stereocenters. The van der Waals surface area contributed by atoms with E-state index in [2.05, 4.69) is 12.2 Å². The van der Waals surface area contributed by atoms with Crippen molar-refractivity contribution in [2.24, 2.45) is 5.14 Å². The minimum atomic E-state index is -3.60. The van der Waals surface area contributed by atoms with E-state index in [4.69, 9.17) is 5.14 Å². The van der Waals surface area contributed by atoms with Gasteiger partial charge in [0, 0.05) is 6.54 Å². The molecule has 90 valence electrons. The molecule has 0 radical (unpaired) electrons. The molecule has 0 aliphatic heterocycles. The Balaban J connectivity index is 2.91. The summed E-state index contributed by atoms with van der Waals surface area (Å²) in [5.74, 6) is 0. The molecule has 1 aromatic rings. The molecule has 0 unspecified atom stereocenters. The Morgan fingerprint density at radius 1 is 1.38 bits per heavy atom. The highest BCUT2D eigenvalue weighted by molar-refractivity contribution is 7.89. The summed E-state index contributed by atoms with van der Waals surface area (Å²) in [6.45, 7) is 5.62. The molecule has 0 fully saturated rings. The first kappa shape index (κ1) is 13.2. The van der Waals surface area contributed by atoms with E-state index < -0.39 is 10.0 Å². The third-order valence-corrected chi connectivity index (χ3v) is 3.30. The van der Waals surface area contributed by atoms with Crippen LogP contribution in [0.1, 0.15) is 24.5 Å². The summed E-state index contributed by atoms with van der Waals surface area (Å²) in [5, 5.41) is 8.32. The van der Waals surface area contributed by atoms with Crippen molar-refractivity contribution in [3.63, 3.8) is 0 Å². The van der Waals surface area contributed by atoms with Gasteiger partial charge >= 0.3 is 0 Å². The van der Waals surface area contributed by atoms with Crippen LogP contribution in [0.3, 0.4) is 0 Å². The van der Waals surface area contributed by atoms with Gasteiger partial charge in [0.2, 0.25) is 10.0 Å². The van der Waals surface area contributed by atoms with Crippen molar-refractivity contribution in [2.75, 3.05) is 6.54 Å². The van der Waals surface area contributed by atoms with Crippen LogP contribution in [0.5, 0.6) is 0 Å². The fourth-order valence-corrected chi connectivity index (χ4v) is 1.98. The number of hydrogen-bond donors (Lipinski definition) is 2. The largest absolute Gasteiger partial charge is 0.313 e. The van der Waals surface area contributed by atoms with Crippen LogP contribution in [-0.4, -0.2) is 15.0 Å². The quantitative estimate of drug-likeness (QED) is 0.761. The fraction of sp³-hybridized carbons (Fsp3) is 0.455. The first-order valence-electron chi connectivity index (χ1n) is 5.28. The average molecular weight is 242 g/mol. The molecule has 0 bridgehead atoms. The van der Waals surface area contributed by atoms with Gasteiger partial charge in [-0.1, -0.05) is 13.0 Å². The molecule has 0 spiro atoms. The van der Waals surface area contributed by atoms with Gasteiger partial charge in [0.1, 0.15) is 0 Å². The molecular weight excluding hydrogens is 224 g/mol. The zero-order chi connectivity index (χ0) is 12.2. The molecule has 1 aromatic carbocycles. The first-order valence-corrected chi connectivity index (χ1v) is 6.83. The Morgan fingerprint density at radius 3 is 2.62 bits per heavy atom. The van der Waals surface area contributed by atoms with Gasteiger partial charge in [-0.25, -0.2) is 13.6 Å². The lowest BCUT2D eigenvalue weighted by molar-refractivity contribution is 0.597. The maximum absolute atomic E-state index is 11.2. The Kier molecular flexibility index (Phi) is 4.46. The van der Waals surface area contributed by atoms with Crippen molar-refractivity contribution >= 4 is 10.0 Å². The highest BCUT2D eigenvalue weighted by Gasteiger charge is 2.09. The number of primary sulfonamides is 1. The molecule has 16 heavy (non-hydrogen) atoms. The van der Waals surface area contributed by atoms with Crippen LogP contribution in [0, 0.1) is 6.92 Å². The van der Waals surface area contributed by atoms with E-state index in [9.17, 15) is 8.42 Å². The van der Waals surface area contributed by atoms with Crippen molar-refractivity contribution in [3.05, 3.63) is 29.3 Å². The number of hydrogen-bond acceptors (Lipinski definition) is 3. The van der Waals surface area contributed by atoms with Gasteiger partial charge in [0.25, 0.3) is 0 Å². The summed E-state index contributed by atoms with van der Waals surface area (Å²) in [5.41, 5.74) is 2.04. The molecule has 5 heteroatoms. The Hall–Kier alpha value is -0.910. The van der Waals surface area contributed by atoms with Crippen molar-refractivity contribution < 1.29 is 8.42 Å². The Labute approximate surface area is 96.9 Å². The minimum absolute atomic E-state index is 0.173. The topological polar surface area (TPSA) is 72.2 Å². The van der Waals surface area contributed by atoms with Gasteiger partial charge < -0.3 is 5.32 Å². The Bertz CT molecular complexity index is 455. The van der Waals surface area contributed by atoms with E-state index >= 15 is 0 Å². The maximum atomic E-state index is 11.2. The Morgan fingerprint density at radius 2 is 2.06 bits per heavy atom. The number of benzene rings is 1. The first-order chi connectivity index (χ1) is 7.45. The van der Waals surface area contributed by atoms with Crippen molar-refractivity contribution in [1.29, 1.82) is 0 Å². The monoisotopic (exact) mass is 242 g/mol. The highest BCUT2D eigenvalue weighted by Crippen LogP contribution is 2.14. The summed E-state index contributed by atoms with van der Waals surface area (Å²) in [6, 6.07) is 4.95. The third-order valence-electron chi connectivity index (χ3n) is 2.39. The number of nitrogens with two attached hydrogens (primary N) is 1. The van der Waals surface area contributed by atoms with E-state index in [1.165, 1.54) is 6.07 Å². The van der Waals surface area contributed by atoms with Crippen LogP contribution in [0.2, 0.25) is 0 Å². The van der Waals surface area contributed by atoms with Gasteiger partial charge in [0.15, 0.2) is 0 Å². The van der Waals surface area contributed by atoms with Crippen molar-refractivity contribution in [3.8, 4) is 0 Å². The average Bonchev–Trinajstić information content (AvgIpc) is 2.19. The maximum Gasteiger partial charge on any atom is 0.238 e. The third kappa shape index (κ3) is 3.59. The highest BCUT2D eigenvalue weighted by atomic mass is 32.2. The van der Waals surface area contributed by atoms with Crippen LogP contribution in [0.25, 0.3) is 0 Å². The molecule has 0 amide bonds. The van der Waals surface area contributed by atoms with Crippen LogP contribution in [0.4, 0.5) is 0 Å². The summed E-state index contributed by atoms with van der Waals surface area (Å²) < 4.78 is 22.4. The lowest BCUT2D eigenvalue weighted by Gasteiger charge is -2.08. The normalized spacial score (nSPS) is 11.7. The molecule has 0 saturated heterocycles. The number of sulfonamides is 1. The summed E-state index contributed by atoms with van der Waals surface area (Å²) in [6.07, 6.45) is 1.05. The van der Waals surface area contributed by atoms with Gasteiger partial charge in [-0.05, 0) is 43.1 Å². The standard InChI is InChI=1S/C11H18N2O2S/c1-3-6-13-8-10-7-11(16(12,14)15)5-4-9(10)2/h4-5,7,13H,3,6,8H2,1-2H3,(H2,12,14,15). The second-order valence-corrected chi connectivity index (χ2v) is 5.37. The summed E-state index contributed by atoms with van der Waals surface area (Å²) >= 11 is 0. The van der Waals surface area contributed by atoms with Crippen molar-refractivity contribution in [1.82, 2.24) is 5.32 Å². The van der Waals surface area contributed by atoms with E-state index in [0.717, 1.165) is 24.1 Å². The van der Waals surface area contributed by atoms with Crippen LogP contribution >= 0.6 is 0 Å². The van der Waals surface area contributed by atoms with E-state index in [0.29, 0.717) is 6.54 Å². The SMILES string of the molecule is CCCNCc1cc(S(N)(=O)=O)ccc1C. The molecular formula is C11H18N2O2S. The number of aryl methyl sites for hydroxylation is 1. The van der Waals surface area contributed by atoms with Gasteiger partial charge in [0.05, 0.1) is 4.90 Å². The predicted molar refractivity (Wildman–Crippen MR) is 64.5 cm³/mol. The molecule has 3 N–H and O–H groups in total. The fourth-order valence-electron chi connectivity index (χ4n) is 1.42. The molecule has 0 heterocycles. The number of rotatable bonds is 5. The summed E-state index contributed by atoms with van der Waals surface area (Å²) in [7, 11) is -3.60. The van der Waals surface area contributed by atoms with E-state index in [-0.39, 0.29) is 4.90 Å². The molecule has 0 aliphatic rings. The van der Waals surface area contributed by atoms with Crippen LogP contribution in [0.15, 0.2) is 23.1 Å². The van der Waals surface area contributed by atoms with Crippen molar-refractivity contribution in [2.45, 2.75) is 31.7 Å². The number of nitrogens with one attached hydrogen (secondary N) is 1. The van der Waals surface area contributed by atoms with Crippen LogP contribution < -0.4 is 10.5 Å². The second kappa shape index (κ2) is 5.43. The lowest BCUT2D eigenvalue weighted by Crippen LogP contribution is -2.16. The predicted octanol–water partition coefficient (Wildman–Crippen LogP) is 1.14. The van der Waals surface area contributed by atoms with Gasteiger partial charge in [-0.3, -0.25) is 0 Å². The van der Waals surface area contributed by atoms with E-state index in [1.807, 2.05) is 6.92 Å². The smallest absolute Gasteiger partial charge is 0.238 e. The lowest BCUT2D eigenvalue weighted by atomic mass is 10.1. The minimum Gasteiger partial charge on any atom is -0.313 e. The van der Waals surface area contributed by atoms with E-state index in [1.54, 1.807) is 12.1 Å². The zero-order valence-corrected chi connectivity index (χ0v) is 10.5. The molecule has 1 rings (SSSR count). The summed E-state index contributed by atoms with van der Waals surface area (Å²) in [4.78, 5) is 0.173. The molecule has 0 saturated carbocycles. The molecule has 0 aliphatic carbocycles. The molecule has 4 nitrogen and oxygen atoms in total. The van der Waals surface area contributed by atoms with Gasteiger partial charge in [-0.2, -0.15) is 0 Å². The zero-order valence-electron chi connectivity index (χ0n) is 9.66. The second-order valence-electron chi connectivity index (χ2n) is 3.81.